The molecule has 0 atom stereocenters. The third-order valence-corrected chi connectivity index (χ3v) is 1.53. The highest BCUT2D eigenvalue weighted by atomic mass is 16.5. The maximum atomic E-state index is 10.7. The zero-order valence-electron chi connectivity index (χ0n) is 8.05. The Hall–Kier alpha value is -1.10. The van der Waals surface area contributed by atoms with Crippen LogP contribution in [-0.4, -0.2) is 39.1 Å². The summed E-state index contributed by atoms with van der Waals surface area (Å²) in [6.07, 6.45) is 1.20. The highest BCUT2D eigenvalue weighted by molar-refractivity contribution is 5.75. The van der Waals surface area contributed by atoms with Crippen molar-refractivity contribution in [2.45, 2.75) is 12.8 Å². The van der Waals surface area contributed by atoms with E-state index < -0.39 is 0 Å². The third-order valence-electron chi connectivity index (χ3n) is 1.53. The van der Waals surface area contributed by atoms with E-state index in [4.69, 9.17) is 0 Å². The van der Waals surface area contributed by atoms with Gasteiger partial charge in [-0.1, -0.05) is 0 Å². The summed E-state index contributed by atoms with van der Waals surface area (Å²) in [5.74, 6) is -0.278. The number of esters is 1. The number of rotatable bonds is 6. The van der Waals surface area contributed by atoms with E-state index in [0.717, 1.165) is 6.42 Å². The van der Waals surface area contributed by atoms with Crippen molar-refractivity contribution < 1.29 is 14.3 Å². The van der Waals surface area contributed by atoms with Crippen LogP contribution in [0.15, 0.2) is 0 Å². The molecular formula is C8H16N2O3. The highest BCUT2D eigenvalue weighted by Gasteiger charge is 1.99. The van der Waals surface area contributed by atoms with Crippen molar-refractivity contribution in [2.24, 2.45) is 0 Å². The lowest BCUT2D eigenvalue weighted by atomic mass is 10.3. The summed E-state index contributed by atoms with van der Waals surface area (Å²) >= 11 is 0. The second-order valence-corrected chi connectivity index (χ2v) is 2.53. The van der Waals surface area contributed by atoms with Crippen molar-refractivity contribution in [1.29, 1.82) is 0 Å². The van der Waals surface area contributed by atoms with Crippen LogP contribution in [0.4, 0.5) is 0 Å². The first-order chi connectivity index (χ1) is 6.20. The summed E-state index contributed by atoms with van der Waals surface area (Å²) < 4.78 is 4.42. The Balaban J connectivity index is 3.17. The summed E-state index contributed by atoms with van der Waals surface area (Å²) in [5.41, 5.74) is 0. The van der Waals surface area contributed by atoms with E-state index >= 15 is 0 Å². The van der Waals surface area contributed by atoms with Gasteiger partial charge in [0.2, 0.25) is 5.91 Å². The maximum absolute atomic E-state index is 10.7. The van der Waals surface area contributed by atoms with Crippen molar-refractivity contribution in [3.63, 3.8) is 0 Å². The van der Waals surface area contributed by atoms with Crippen molar-refractivity contribution in [2.75, 3.05) is 27.2 Å². The molecule has 0 aromatic heterocycles. The van der Waals surface area contributed by atoms with Crippen LogP contribution in [0.5, 0.6) is 0 Å². The molecule has 0 aromatic carbocycles. The molecule has 0 heterocycles. The fraction of sp³-hybridized carbons (Fsp3) is 0.750. The van der Waals surface area contributed by atoms with Gasteiger partial charge in [-0.15, -0.1) is 0 Å². The Morgan fingerprint density at radius 3 is 2.62 bits per heavy atom. The number of methoxy groups -OCH3 is 1. The smallest absolute Gasteiger partial charge is 0.319 e. The number of hydrogen-bond acceptors (Lipinski definition) is 4. The van der Waals surface area contributed by atoms with Crippen molar-refractivity contribution >= 4 is 11.9 Å². The molecule has 0 saturated carbocycles. The molecule has 0 bridgehead atoms. The summed E-state index contributed by atoms with van der Waals surface area (Å²) in [7, 11) is 2.94. The van der Waals surface area contributed by atoms with Gasteiger partial charge in [0, 0.05) is 13.5 Å². The molecule has 76 valence electrons. The first-order valence-electron chi connectivity index (χ1n) is 4.18. The van der Waals surface area contributed by atoms with Gasteiger partial charge in [-0.05, 0) is 13.0 Å². The van der Waals surface area contributed by atoms with Crippen LogP contribution in [0.3, 0.4) is 0 Å². The molecule has 0 radical (unpaired) electrons. The molecular weight excluding hydrogens is 172 g/mol. The average molecular weight is 188 g/mol. The monoisotopic (exact) mass is 188 g/mol. The van der Waals surface area contributed by atoms with Gasteiger partial charge in [-0.2, -0.15) is 0 Å². The summed E-state index contributed by atoms with van der Waals surface area (Å²) in [4.78, 5) is 21.3. The van der Waals surface area contributed by atoms with Crippen LogP contribution in [0, 0.1) is 0 Å². The van der Waals surface area contributed by atoms with E-state index in [1.807, 2.05) is 0 Å². The summed E-state index contributed by atoms with van der Waals surface area (Å²) in [5, 5.41) is 5.38. The average Bonchev–Trinajstić information content (AvgIpc) is 2.16. The Morgan fingerprint density at radius 2 is 2.08 bits per heavy atom. The number of hydrogen-bond donors (Lipinski definition) is 2. The topological polar surface area (TPSA) is 67.4 Å². The number of amides is 1. The van der Waals surface area contributed by atoms with Crippen LogP contribution >= 0.6 is 0 Å². The summed E-state index contributed by atoms with van der Waals surface area (Å²) in [6, 6.07) is 0. The lowest BCUT2D eigenvalue weighted by Crippen LogP contribution is -2.26. The predicted molar refractivity (Wildman–Crippen MR) is 48.2 cm³/mol. The van der Waals surface area contributed by atoms with Crippen molar-refractivity contribution in [1.82, 2.24) is 10.6 Å². The molecule has 0 spiro atoms. The SMILES string of the molecule is CNC(=O)CCCNCC(=O)OC. The van der Waals surface area contributed by atoms with Crippen LogP contribution in [-0.2, 0) is 14.3 Å². The zero-order chi connectivity index (χ0) is 10.1. The standard InChI is InChI=1S/C8H16N2O3/c1-9-7(11)4-3-5-10-6-8(12)13-2/h10H,3-6H2,1-2H3,(H,9,11). The minimum absolute atomic E-state index is 0.0138. The van der Waals surface area contributed by atoms with E-state index in [9.17, 15) is 9.59 Å². The minimum atomic E-state index is -0.292. The molecule has 13 heavy (non-hydrogen) atoms. The van der Waals surface area contributed by atoms with E-state index in [1.54, 1.807) is 7.05 Å². The maximum Gasteiger partial charge on any atom is 0.319 e. The third kappa shape index (κ3) is 7.27. The van der Waals surface area contributed by atoms with Gasteiger partial charge in [0.15, 0.2) is 0 Å². The van der Waals surface area contributed by atoms with Crippen molar-refractivity contribution in [3.05, 3.63) is 0 Å². The second kappa shape index (κ2) is 7.54. The molecule has 2 N–H and O–H groups in total. The summed E-state index contributed by atoms with van der Waals surface area (Å²) in [6.45, 7) is 0.840. The molecule has 0 aliphatic heterocycles. The van der Waals surface area contributed by atoms with E-state index in [0.29, 0.717) is 13.0 Å². The fourth-order valence-corrected chi connectivity index (χ4v) is 0.762. The van der Waals surface area contributed by atoms with Crippen LogP contribution < -0.4 is 10.6 Å². The Bertz CT molecular complexity index is 153. The minimum Gasteiger partial charge on any atom is -0.468 e. The predicted octanol–water partition coefficient (Wildman–Crippen LogP) is -0.725. The number of carbonyl (C=O) groups excluding carboxylic acids is 2. The second-order valence-electron chi connectivity index (χ2n) is 2.53. The fourth-order valence-electron chi connectivity index (χ4n) is 0.762. The van der Waals surface area contributed by atoms with Gasteiger partial charge in [0.05, 0.1) is 13.7 Å². The molecule has 1 amide bonds. The molecule has 0 aliphatic rings. The van der Waals surface area contributed by atoms with Gasteiger partial charge in [0.25, 0.3) is 0 Å². The molecule has 0 aromatic rings. The van der Waals surface area contributed by atoms with Crippen LogP contribution in [0.1, 0.15) is 12.8 Å². The normalized spacial score (nSPS) is 9.38. The first kappa shape index (κ1) is 11.9. The zero-order valence-corrected chi connectivity index (χ0v) is 8.05. The van der Waals surface area contributed by atoms with Crippen LogP contribution in [0.2, 0.25) is 0 Å². The van der Waals surface area contributed by atoms with Gasteiger partial charge in [-0.25, -0.2) is 0 Å². The quantitative estimate of drug-likeness (QED) is 0.426. The lowest BCUT2D eigenvalue weighted by Gasteiger charge is -2.02. The molecule has 0 fully saturated rings. The number of carbonyl (C=O) groups is 2. The number of ether oxygens (including phenoxy) is 1. The lowest BCUT2D eigenvalue weighted by molar-refractivity contribution is -0.139. The molecule has 5 heteroatoms. The number of nitrogens with one attached hydrogen (secondary N) is 2. The first-order valence-corrected chi connectivity index (χ1v) is 4.18. The van der Waals surface area contributed by atoms with Gasteiger partial charge < -0.3 is 15.4 Å². The van der Waals surface area contributed by atoms with Crippen molar-refractivity contribution in [3.8, 4) is 0 Å². The van der Waals surface area contributed by atoms with E-state index in [1.165, 1.54) is 7.11 Å². The van der Waals surface area contributed by atoms with Crippen LogP contribution in [0.25, 0.3) is 0 Å². The molecule has 0 aliphatic carbocycles. The Labute approximate surface area is 77.8 Å². The van der Waals surface area contributed by atoms with E-state index in [-0.39, 0.29) is 18.4 Å². The van der Waals surface area contributed by atoms with Gasteiger partial charge in [-0.3, -0.25) is 9.59 Å². The Morgan fingerprint density at radius 1 is 1.38 bits per heavy atom. The largest absolute Gasteiger partial charge is 0.468 e. The highest BCUT2D eigenvalue weighted by Crippen LogP contribution is 1.85. The molecule has 0 rings (SSSR count). The van der Waals surface area contributed by atoms with Gasteiger partial charge in [0.1, 0.15) is 0 Å². The molecule has 5 nitrogen and oxygen atoms in total. The molecule has 0 saturated heterocycles. The van der Waals surface area contributed by atoms with Gasteiger partial charge >= 0.3 is 5.97 Å². The Kier molecular flexibility index (Phi) is 6.91. The van der Waals surface area contributed by atoms with E-state index in [2.05, 4.69) is 15.4 Å². The molecule has 0 unspecified atom stereocenters.